The van der Waals surface area contributed by atoms with Crippen LogP contribution in [0.3, 0.4) is 0 Å². The molecule has 68 valence electrons. The second-order valence-corrected chi connectivity index (χ2v) is 2.87. The van der Waals surface area contributed by atoms with Gasteiger partial charge in [-0.05, 0) is 12.1 Å². The average molecular weight is 185 g/mol. The summed E-state index contributed by atoms with van der Waals surface area (Å²) in [5.41, 5.74) is 0.916. The van der Waals surface area contributed by atoms with E-state index in [1.165, 1.54) is 0 Å². The molecule has 0 aliphatic heterocycles. The summed E-state index contributed by atoms with van der Waals surface area (Å²) in [5, 5.41) is 0.954. The van der Waals surface area contributed by atoms with Crippen LogP contribution in [0.2, 0.25) is 0 Å². The van der Waals surface area contributed by atoms with Gasteiger partial charge in [-0.2, -0.15) is 0 Å². The molecule has 0 unspecified atom stereocenters. The molecule has 0 fully saturated rings. The van der Waals surface area contributed by atoms with Crippen LogP contribution in [-0.4, -0.2) is 17.1 Å². The highest BCUT2D eigenvalue weighted by atomic mass is 16.2. The lowest BCUT2D eigenvalue weighted by atomic mass is 10.2. The molecule has 0 saturated heterocycles. The van der Waals surface area contributed by atoms with Crippen molar-refractivity contribution in [2.45, 2.75) is 0 Å². The van der Waals surface area contributed by atoms with Crippen LogP contribution in [0.4, 0.5) is 0 Å². The Balaban J connectivity index is 2.62. The molecule has 0 amide bonds. The lowest BCUT2D eigenvalue weighted by Crippen LogP contribution is -2.02. The number of carbonyl (C=O) groups excluding carboxylic acids is 2. The normalized spacial score (nSPS) is 10.0. The number of ketones is 1. The predicted octanol–water partition coefficient (Wildman–Crippen LogP) is 1.62. The first kappa shape index (κ1) is 8.56. The Hall–Kier alpha value is -2.03. The van der Waals surface area contributed by atoms with Gasteiger partial charge in [-0.15, -0.1) is 0 Å². The van der Waals surface area contributed by atoms with Gasteiger partial charge >= 0.3 is 0 Å². The van der Waals surface area contributed by atoms with Crippen molar-refractivity contribution in [1.29, 1.82) is 0 Å². The number of hydrogen-bond acceptors (Lipinski definition) is 3. The maximum Gasteiger partial charge on any atom is 0.243 e. The average Bonchev–Trinajstić information content (AvgIpc) is 2.27. The highest BCUT2D eigenvalue weighted by Gasteiger charge is 2.05. The van der Waals surface area contributed by atoms with Crippen LogP contribution < -0.4 is 0 Å². The van der Waals surface area contributed by atoms with Crippen molar-refractivity contribution in [3.05, 3.63) is 42.1 Å². The van der Waals surface area contributed by atoms with Gasteiger partial charge in [-0.25, -0.2) is 4.98 Å². The molecule has 1 heterocycles. The number of hydrogen-bond donors (Lipinski definition) is 0. The first-order valence-corrected chi connectivity index (χ1v) is 4.16. The number of aldehydes is 1. The molecule has 0 spiro atoms. The zero-order chi connectivity index (χ0) is 9.97. The van der Waals surface area contributed by atoms with Gasteiger partial charge in [-0.3, -0.25) is 9.59 Å². The number of para-hydroxylation sites is 1. The molecule has 1 aromatic heterocycles. The van der Waals surface area contributed by atoms with E-state index in [1.54, 1.807) is 18.2 Å². The van der Waals surface area contributed by atoms with Crippen LogP contribution in [0.25, 0.3) is 10.9 Å². The molecular weight excluding hydrogens is 178 g/mol. The van der Waals surface area contributed by atoms with Crippen molar-refractivity contribution >= 4 is 23.0 Å². The molecule has 2 aromatic rings. The van der Waals surface area contributed by atoms with E-state index in [4.69, 9.17) is 0 Å². The molecule has 0 aliphatic rings. The third-order valence-electron chi connectivity index (χ3n) is 1.96. The van der Waals surface area contributed by atoms with Gasteiger partial charge in [0.25, 0.3) is 0 Å². The molecule has 3 nitrogen and oxygen atoms in total. The fourth-order valence-corrected chi connectivity index (χ4v) is 1.26. The van der Waals surface area contributed by atoms with Crippen LogP contribution in [-0.2, 0) is 4.79 Å². The second-order valence-electron chi connectivity index (χ2n) is 2.87. The van der Waals surface area contributed by atoms with Crippen molar-refractivity contribution < 1.29 is 9.59 Å². The van der Waals surface area contributed by atoms with Gasteiger partial charge in [0, 0.05) is 5.39 Å². The number of benzene rings is 1. The van der Waals surface area contributed by atoms with E-state index in [-0.39, 0.29) is 12.0 Å². The summed E-state index contributed by atoms with van der Waals surface area (Å²) < 4.78 is 0. The van der Waals surface area contributed by atoms with Gasteiger partial charge in [0.15, 0.2) is 6.29 Å². The van der Waals surface area contributed by atoms with Gasteiger partial charge in [0.2, 0.25) is 5.78 Å². The van der Waals surface area contributed by atoms with Crippen LogP contribution in [0.1, 0.15) is 10.5 Å². The van der Waals surface area contributed by atoms with Crippen LogP contribution in [0, 0.1) is 0 Å². The van der Waals surface area contributed by atoms with Gasteiger partial charge in [0.1, 0.15) is 5.69 Å². The Kier molecular flexibility index (Phi) is 2.07. The Morgan fingerprint density at radius 2 is 1.93 bits per heavy atom. The molecule has 0 bridgehead atoms. The maximum absolute atomic E-state index is 11.0. The molecule has 0 atom stereocenters. The Morgan fingerprint density at radius 3 is 2.71 bits per heavy atom. The fourth-order valence-electron chi connectivity index (χ4n) is 1.26. The fraction of sp³-hybridized carbons (Fsp3) is 0. The number of nitrogens with zero attached hydrogens (tertiary/aromatic N) is 1. The zero-order valence-electron chi connectivity index (χ0n) is 7.31. The van der Waals surface area contributed by atoms with E-state index >= 15 is 0 Å². The number of Topliss-reactive ketones (excluding diaryl/α,β-unsaturated/α-hetero) is 1. The van der Waals surface area contributed by atoms with E-state index < -0.39 is 5.78 Å². The Bertz CT molecular complexity index is 505. The van der Waals surface area contributed by atoms with E-state index in [0.717, 1.165) is 10.9 Å². The summed E-state index contributed by atoms with van der Waals surface area (Å²) >= 11 is 0. The maximum atomic E-state index is 11.0. The molecule has 1 aromatic carbocycles. The van der Waals surface area contributed by atoms with Crippen LogP contribution in [0.15, 0.2) is 36.4 Å². The van der Waals surface area contributed by atoms with Gasteiger partial charge < -0.3 is 0 Å². The van der Waals surface area contributed by atoms with Crippen molar-refractivity contribution in [2.75, 3.05) is 0 Å². The topological polar surface area (TPSA) is 47.0 Å². The minimum atomic E-state index is -0.587. The molecule has 3 heteroatoms. The van der Waals surface area contributed by atoms with Gasteiger partial charge in [-0.1, -0.05) is 24.3 Å². The monoisotopic (exact) mass is 185 g/mol. The quantitative estimate of drug-likeness (QED) is 0.405. The number of fused-ring (bicyclic) bond motifs is 1. The van der Waals surface area contributed by atoms with E-state index in [0.29, 0.717) is 0 Å². The highest BCUT2D eigenvalue weighted by Crippen LogP contribution is 2.11. The highest BCUT2D eigenvalue weighted by molar-refractivity contribution is 6.32. The van der Waals surface area contributed by atoms with Crippen molar-refractivity contribution in [3.8, 4) is 0 Å². The van der Waals surface area contributed by atoms with E-state index in [2.05, 4.69) is 4.98 Å². The molecular formula is C11H7NO2. The van der Waals surface area contributed by atoms with E-state index in [9.17, 15) is 9.59 Å². The largest absolute Gasteiger partial charge is 0.294 e. The number of rotatable bonds is 2. The van der Waals surface area contributed by atoms with Gasteiger partial charge in [0.05, 0.1) is 5.52 Å². The molecule has 0 aliphatic carbocycles. The lowest BCUT2D eigenvalue weighted by molar-refractivity contribution is -0.104. The zero-order valence-corrected chi connectivity index (χ0v) is 7.31. The van der Waals surface area contributed by atoms with Crippen molar-refractivity contribution in [2.24, 2.45) is 0 Å². The molecule has 0 N–H and O–H groups in total. The Morgan fingerprint density at radius 1 is 1.14 bits per heavy atom. The minimum Gasteiger partial charge on any atom is -0.294 e. The predicted molar refractivity (Wildman–Crippen MR) is 52.1 cm³/mol. The SMILES string of the molecule is O=CC(=O)c1ccc2ccccc2n1. The van der Waals surface area contributed by atoms with E-state index in [1.807, 2.05) is 18.2 Å². The smallest absolute Gasteiger partial charge is 0.243 e. The second kappa shape index (κ2) is 3.38. The summed E-state index contributed by atoms with van der Waals surface area (Å²) in [5.74, 6) is -0.587. The summed E-state index contributed by atoms with van der Waals surface area (Å²) in [6.45, 7) is 0. The summed E-state index contributed by atoms with van der Waals surface area (Å²) in [4.78, 5) is 25.3. The summed E-state index contributed by atoms with van der Waals surface area (Å²) in [6, 6.07) is 10.8. The van der Waals surface area contributed by atoms with Crippen LogP contribution in [0.5, 0.6) is 0 Å². The third kappa shape index (κ3) is 1.40. The van der Waals surface area contributed by atoms with Crippen molar-refractivity contribution in [1.82, 2.24) is 4.98 Å². The number of pyridine rings is 1. The number of carbonyl (C=O) groups is 2. The first-order chi connectivity index (χ1) is 6.81. The summed E-state index contributed by atoms with van der Waals surface area (Å²) in [7, 11) is 0. The molecule has 0 radical (unpaired) electrons. The lowest BCUT2D eigenvalue weighted by Gasteiger charge is -1.97. The van der Waals surface area contributed by atoms with Crippen molar-refractivity contribution in [3.63, 3.8) is 0 Å². The molecule has 2 rings (SSSR count). The summed E-state index contributed by atoms with van der Waals surface area (Å²) in [6.07, 6.45) is 0.275. The molecule has 14 heavy (non-hydrogen) atoms. The number of aromatic nitrogens is 1. The first-order valence-electron chi connectivity index (χ1n) is 4.16. The minimum absolute atomic E-state index is 0.193. The molecule has 0 saturated carbocycles. The Labute approximate surface area is 80.4 Å². The third-order valence-corrected chi connectivity index (χ3v) is 1.96. The standard InChI is InChI=1S/C11H7NO2/c13-7-11(14)10-6-5-8-3-1-2-4-9(8)12-10/h1-7H. The van der Waals surface area contributed by atoms with Crippen LogP contribution >= 0.6 is 0 Å².